The third-order valence-corrected chi connectivity index (χ3v) is 3.74. The maximum Gasteiger partial charge on any atom is 0.405 e. The number of anilines is 1. The van der Waals surface area contributed by atoms with Crippen LogP contribution in [0.25, 0.3) is 0 Å². The Labute approximate surface area is 118 Å². The molecule has 1 aromatic heterocycles. The van der Waals surface area contributed by atoms with Crippen LogP contribution in [0.1, 0.15) is 12.8 Å². The van der Waals surface area contributed by atoms with E-state index < -0.39 is 11.6 Å². The third kappa shape index (κ3) is 3.23. The molecule has 2 rings (SSSR count). The van der Waals surface area contributed by atoms with E-state index in [4.69, 9.17) is 5.11 Å². The van der Waals surface area contributed by atoms with E-state index in [1.807, 2.05) is 17.0 Å². The van der Waals surface area contributed by atoms with E-state index in [-0.39, 0.29) is 0 Å². The maximum atomic E-state index is 11.1. The molecule has 2 N–H and O–H groups in total. The number of nitrogens with zero attached hydrogens (tertiary/aromatic N) is 2. The first-order chi connectivity index (χ1) is 9.04. The summed E-state index contributed by atoms with van der Waals surface area (Å²) in [4.78, 5) is 28.2. The molecule has 2 heterocycles. The molecule has 0 radical (unpaired) electrons. The summed E-state index contributed by atoms with van der Waals surface area (Å²) in [6.07, 6.45) is 2.14. The highest BCUT2D eigenvalue weighted by Crippen LogP contribution is 2.24. The van der Waals surface area contributed by atoms with Crippen molar-refractivity contribution in [3.63, 3.8) is 0 Å². The van der Waals surface area contributed by atoms with Gasteiger partial charge in [0.25, 0.3) is 0 Å². The van der Waals surface area contributed by atoms with Crippen molar-refractivity contribution in [3.05, 3.63) is 22.8 Å². The quantitative estimate of drug-likeness (QED) is 0.825. The Hall–Kier alpha value is -1.63. The van der Waals surface area contributed by atoms with Gasteiger partial charge >= 0.3 is 6.09 Å². The predicted molar refractivity (Wildman–Crippen MR) is 73.3 cm³/mol. The molecular formula is C12H14BrN3O3. The smallest absolute Gasteiger partial charge is 0.405 e. The van der Waals surface area contributed by atoms with Crippen LogP contribution in [0.4, 0.5) is 10.6 Å². The zero-order valence-electron chi connectivity index (χ0n) is 10.2. The Balaban J connectivity index is 2.03. The number of nitrogens with one attached hydrogen (secondary N) is 1. The summed E-state index contributed by atoms with van der Waals surface area (Å²) in [6, 6.07) is 3.79. The SMILES string of the molecule is O=CC1(NC(=O)O)CCN(c2ccc(Br)cn2)CC1. The van der Waals surface area contributed by atoms with E-state index in [2.05, 4.69) is 26.2 Å². The fraction of sp³-hybridized carbons (Fsp3) is 0.417. The first-order valence-corrected chi connectivity index (χ1v) is 6.68. The number of amides is 1. The molecule has 0 spiro atoms. The van der Waals surface area contributed by atoms with Gasteiger partial charge < -0.3 is 20.1 Å². The van der Waals surface area contributed by atoms with Crippen molar-refractivity contribution in [1.82, 2.24) is 10.3 Å². The summed E-state index contributed by atoms with van der Waals surface area (Å²) in [5, 5.41) is 11.1. The van der Waals surface area contributed by atoms with Gasteiger partial charge in [0.1, 0.15) is 17.6 Å². The number of pyridine rings is 1. The zero-order valence-corrected chi connectivity index (χ0v) is 11.8. The van der Waals surface area contributed by atoms with Crippen LogP contribution in [0, 0.1) is 0 Å². The van der Waals surface area contributed by atoms with Gasteiger partial charge in [-0.25, -0.2) is 9.78 Å². The topological polar surface area (TPSA) is 82.5 Å². The zero-order chi connectivity index (χ0) is 13.9. The summed E-state index contributed by atoms with van der Waals surface area (Å²) < 4.78 is 0.906. The van der Waals surface area contributed by atoms with Gasteiger partial charge in [0.2, 0.25) is 0 Å². The largest absolute Gasteiger partial charge is 0.465 e. The highest BCUT2D eigenvalue weighted by atomic mass is 79.9. The molecule has 0 saturated carbocycles. The lowest BCUT2D eigenvalue weighted by Gasteiger charge is -2.38. The molecule has 19 heavy (non-hydrogen) atoms. The summed E-state index contributed by atoms with van der Waals surface area (Å²) in [6.45, 7) is 1.18. The Morgan fingerprint density at radius 2 is 2.16 bits per heavy atom. The molecule has 102 valence electrons. The van der Waals surface area contributed by atoms with Crippen LogP contribution >= 0.6 is 15.9 Å². The van der Waals surface area contributed by atoms with Gasteiger partial charge in [-0.2, -0.15) is 0 Å². The van der Waals surface area contributed by atoms with Crippen LogP contribution in [0.15, 0.2) is 22.8 Å². The average Bonchev–Trinajstić information content (AvgIpc) is 2.40. The van der Waals surface area contributed by atoms with Crippen molar-refractivity contribution in [3.8, 4) is 0 Å². The van der Waals surface area contributed by atoms with Crippen LogP contribution in [-0.4, -0.2) is 41.1 Å². The van der Waals surface area contributed by atoms with Crippen LogP contribution in [0.3, 0.4) is 0 Å². The molecule has 1 amide bonds. The van der Waals surface area contributed by atoms with Crippen molar-refractivity contribution < 1.29 is 14.7 Å². The van der Waals surface area contributed by atoms with E-state index in [0.717, 1.165) is 10.3 Å². The Morgan fingerprint density at radius 3 is 2.63 bits per heavy atom. The second-order valence-corrected chi connectivity index (χ2v) is 5.44. The number of carbonyl (C=O) groups is 2. The first kappa shape index (κ1) is 13.8. The second kappa shape index (κ2) is 5.56. The lowest BCUT2D eigenvalue weighted by Crippen LogP contribution is -2.56. The number of piperidine rings is 1. The van der Waals surface area contributed by atoms with Gasteiger partial charge in [-0.1, -0.05) is 0 Å². The molecular weight excluding hydrogens is 314 g/mol. The van der Waals surface area contributed by atoms with E-state index in [9.17, 15) is 9.59 Å². The van der Waals surface area contributed by atoms with Crippen LogP contribution in [0.5, 0.6) is 0 Å². The number of halogens is 1. The highest BCUT2D eigenvalue weighted by Gasteiger charge is 2.36. The molecule has 7 heteroatoms. The number of hydrogen-bond acceptors (Lipinski definition) is 4. The minimum Gasteiger partial charge on any atom is -0.465 e. The van der Waals surface area contributed by atoms with Crippen molar-refractivity contribution in [2.75, 3.05) is 18.0 Å². The van der Waals surface area contributed by atoms with Crippen molar-refractivity contribution in [1.29, 1.82) is 0 Å². The summed E-state index contributed by atoms with van der Waals surface area (Å²) in [5.41, 5.74) is -0.961. The standard InChI is InChI=1S/C12H14BrN3O3/c13-9-1-2-10(14-7-9)16-5-3-12(8-17,4-6-16)15-11(18)19/h1-2,7-8,15H,3-6H2,(H,18,19). The predicted octanol–water partition coefficient (Wildman–Crippen LogP) is 1.65. The van der Waals surface area contributed by atoms with Gasteiger partial charge in [0.15, 0.2) is 0 Å². The fourth-order valence-electron chi connectivity index (χ4n) is 2.18. The normalized spacial score (nSPS) is 17.8. The molecule has 1 aliphatic heterocycles. The van der Waals surface area contributed by atoms with Crippen molar-refractivity contribution in [2.24, 2.45) is 0 Å². The molecule has 6 nitrogen and oxygen atoms in total. The second-order valence-electron chi connectivity index (χ2n) is 4.53. The van der Waals surface area contributed by atoms with Crippen LogP contribution in [0.2, 0.25) is 0 Å². The monoisotopic (exact) mass is 327 g/mol. The van der Waals surface area contributed by atoms with Crippen molar-refractivity contribution >= 4 is 34.1 Å². The maximum absolute atomic E-state index is 11.1. The Bertz CT molecular complexity index is 470. The lowest BCUT2D eigenvalue weighted by atomic mass is 9.89. The molecule has 0 unspecified atom stereocenters. The van der Waals surface area contributed by atoms with Gasteiger partial charge in [-0.3, -0.25) is 0 Å². The molecule has 0 aliphatic carbocycles. The van der Waals surface area contributed by atoms with E-state index in [0.29, 0.717) is 32.2 Å². The molecule has 1 fully saturated rings. The first-order valence-electron chi connectivity index (χ1n) is 5.89. The van der Waals surface area contributed by atoms with Crippen LogP contribution < -0.4 is 10.2 Å². The Morgan fingerprint density at radius 1 is 1.47 bits per heavy atom. The lowest BCUT2D eigenvalue weighted by molar-refractivity contribution is -0.113. The minimum absolute atomic E-state index is 0.445. The molecule has 0 bridgehead atoms. The number of carbonyl (C=O) groups excluding carboxylic acids is 1. The molecule has 0 atom stereocenters. The number of aromatic nitrogens is 1. The van der Waals surface area contributed by atoms with Gasteiger partial charge in [0, 0.05) is 23.8 Å². The Kier molecular flexibility index (Phi) is 4.04. The fourth-order valence-corrected chi connectivity index (χ4v) is 2.41. The highest BCUT2D eigenvalue weighted by molar-refractivity contribution is 9.10. The molecule has 1 aromatic rings. The molecule has 1 aliphatic rings. The van der Waals surface area contributed by atoms with Crippen molar-refractivity contribution in [2.45, 2.75) is 18.4 Å². The number of aldehydes is 1. The van der Waals surface area contributed by atoms with Gasteiger partial charge in [0.05, 0.1) is 0 Å². The van der Waals surface area contributed by atoms with E-state index in [1.165, 1.54) is 0 Å². The summed E-state index contributed by atoms with van der Waals surface area (Å²) in [5.74, 6) is 0.832. The minimum atomic E-state index is -1.16. The third-order valence-electron chi connectivity index (χ3n) is 3.27. The van der Waals surface area contributed by atoms with Crippen LogP contribution in [-0.2, 0) is 4.79 Å². The average molecular weight is 328 g/mol. The number of hydrogen-bond donors (Lipinski definition) is 2. The number of rotatable bonds is 3. The van der Waals surface area contributed by atoms with E-state index in [1.54, 1.807) is 6.20 Å². The molecule has 0 aromatic carbocycles. The summed E-state index contributed by atoms with van der Waals surface area (Å²) >= 11 is 3.32. The van der Waals surface area contributed by atoms with Gasteiger partial charge in [-0.05, 0) is 40.9 Å². The number of carboxylic acid groups (broad SMARTS) is 1. The summed E-state index contributed by atoms with van der Waals surface area (Å²) in [7, 11) is 0. The van der Waals surface area contributed by atoms with E-state index >= 15 is 0 Å². The molecule has 1 saturated heterocycles. The van der Waals surface area contributed by atoms with Gasteiger partial charge in [-0.15, -0.1) is 0 Å².